The Morgan fingerprint density at radius 2 is 1.03 bits per heavy atom. The minimum absolute atomic E-state index is 0.0966. The van der Waals surface area contributed by atoms with E-state index in [1.807, 2.05) is 30.3 Å². The van der Waals surface area contributed by atoms with Crippen molar-refractivity contribution in [3.63, 3.8) is 0 Å². The van der Waals surface area contributed by atoms with Crippen molar-refractivity contribution in [2.75, 3.05) is 4.90 Å². The van der Waals surface area contributed by atoms with Crippen molar-refractivity contribution in [2.45, 2.75) is 64.1 Å². The van der Waals surface area contributed by atoms with Crippen molar-refractivity contribution >= 4 is 40.3 Å². The van der Waals surface area contributed by atoms with E-state index in [0.29, 0.717) is 11.8 Å². The zero-order valence-corrected chi connectivity index (χ0v) is 24.7. The third kappa shape index (κ3) is 6.54. The van der Waals surface area contributed by atoms with E-state index in [-0.39, 0.29) is 10.8 Å². The fraction of sp³-hybridized carbons (Fsp3) is 0.294. The average molecular weight is 547 g/mol. The van der Waals surface area contributed by atoms with Gasteiger partial charge >= 0.3 is 0 Å². The summed E-state index contributed by atoms with van der Waals surface area (Å²) in [6.45, 7) is 13.4. The lowest BCUT2D eigenvalue weighted by Gasteiger charge is -2.28. The second kappa shape index (κ2) is 11.4. The van der Waals surface area contributed by atoms with E-state index in [9.17, 15) is 0 Å². The Hall–Kier alpha value is -2.94. The van der Waals surface area contributed by atoms with Crippen molar-refractivity contribution in [1.82, 2.24) is 0 Å². The van der Waals surface area contributed by atoms with Gasteiger partial charge in [-0.25, -0.2) is 0 Å². The predicted molar refractivity (Wildman–Crippen MR) is 164 cm³/mol. The van der Waals surface area contributed by atoms with Crippen LogP contribution in [0.3, 0.4) is 0 Å². The first-order valence-corrected chi connectivity index (χ1v) is 14.1. The molecule has 0 spiro atoms. The Bertz CT molecular complexity index is 1290. The van der Waals surface area contributed by atoms with Gasteiger partial charge in [-0.1, -0.05) is 77.9 Å². The Balaban J connectivity index is 1.70. The maximum Gasteiger partial charge on any atom is 0.132 e. The molecule has 4 aromatic carbocycles. The summed E-state index contributed by atoms with van der Waals surface area (Å²) in [7, 11) is 0. The lowest BCUT2D eigenvalue weighted by atomic mass is 9.86. The lowest BCUT2D eigenvalue weighted by molar-refractivity contribution is 0.478. The summed E-state index contributed by atoms with van der Waals surface area (Å²) < 4.78 is 6.23. The van der Waals surface area contributed by atoms with Gasteiger partial charge in [-0.05, 0) is 82.1 Å². The molecule has 0 N–H and O–H groups in total. The van der Waals surface area contributed by atoms with Gasteiger partial charge in [0.1, 0.15) is 11.5 Å². The Kier molecular flexibility index (Phi) is 8.45. The number of anilines is 3. The van der Waals surface area contributed by atoms with Crippen molar-refractivity contribution < 1.29 is 4.74 Å². The second-order valence-corrected chi connectivity index (χ2v) is 12.3. The Morgan fingerprint density at radius 1 is 0.579 bits per heavy atom. The number of ether oxygens (including phenoxy) is 1. The fourth-order valence-electron chi connectivity index (χ4n) is 4.35. The highest BCUT2D eigenvalue weighted by Gasteiger charge is 2.18. The van der Waals surface area contributed by atoms with E-state index in [1.54, 1.807) is 0 Å². The molecule has 0 unspecified atom stereocenters. The van der Waals surface area contributed by atoms with Crippen LogP contribution in [0.2, 0.25) is 0 Å². The van der Waals surface area contributed by atoms with Crippen molar-refractivity contribution in [1.29, 1.82) is 0 Å². The molecule has 0 saturated heterocycles. The molecule has 0 bridgehead atoms. The largest absolute Gasteiger partial charge is 0.457 e. The summed E-state index contributed by atoms with van der Waals surface area (Å²) in [5.74, 6) is 2.28. The van der Waals surface area contributed by atoms with Crippen molar-refractivity contribution in [2.24, 2.45) is 0 Å². The van der Waals surface area contributed by atoms with E-state index >= 15 is 0 Å². The lowest BCUT2D eigenvalue weighted by Crippen LogP contribution is -2.14. The van der Waals surface area contributed by atoms with Gasteiger partial charge < -0.3 is 9.64 Å². The molecule has 2 nitrogen and oxygen atoms in total. The van der Waals surface area contributed by atoms with Crippen molar-refractivity contribution in [3.8, 4) is 11.5 Å². The van der Waals surface area contributed by atoms with Gasteiger partial charge in [0, 0.05) is 28.5 Å². The van der Waals surface area contributed by atoms with Gasteiger partial charge in [-0.3, -0.25) is 0 Å². The van der Waals surface area contributed by atoms with Crippen LogP contribution in [0.5, 0.6) is 11.5 Å². The molecule has 0 fully saturated rings. The summed E-state index contributed by atoms with van der Waals surface area (Å²) in [5.41, 5.74) is 8.00. The molecule has 0 aliphatic heterocycles. The van der Waals surface area contributed by atoms with Crippen LogP contribution in [0.4, 0.5) is 17.1 Å². The third-order valence-electron chi connectivity index (χ3n) is 6.74. The number of alkyl halides is 2. The molecule has 0 aliphatic rings. The zero-order chi connectivity index (χ0) is 27.5. The minimum atomic E-state index is 0.0966. The number of nitrogens with zero attached hydrogens (tertiary/aromatic N) is 1. The monoisotopic (exact) mass is 545 g/mol. The molecule has 0 heterocycles. The topological polar surface area (TPSA) is 12.5 Å². The molecule has 0 radical (unpaired) electrons. The van der Waals surface area contributed by atoms with Gasteiger partial charge in [0.05, 0.1) is 5.88 Å². The highest BCUT2D eigenvalue weighted by Crippen LogP contribution is 2.38. The van der Waals surface area contributed by atoms with E-state index in [1.165, 1.54) is 11.1 Å². The standard InChI is InChI=1S/C34H37Cl2NO/c1-33(2,3)26-9-13-28(14-10-26)37(29-15-11-27(12-16-29)34(4,5)6)30-17-19-31(20-18-30)38-32-21-24(22-35)7-8-25(32)23-36/h7-21H,22-23H2,1-6H3. The van der Waals surface area contributed by atoms with Gasteiger partial charge in [0.15, 0.2) is 0 Å². The highest BCUT2D eigenvalue weighted by molar-refractivity contribution is 6.17. The number of rotatable bonds is 7. The first kappa shape index (κ1) is 28.1. The summed E-state index contributed by atoms with van der Waals surface area (Å²) in [6, 6.07) is 31.8. The molecular weight excluding hydrogens is 509 g/mol. The molecular formula is C34H37Cl2NO. The Morgan fingerprint density at radius 3 is 1.42 bits per heavy atom. The van der Waals surface area contributed by atoms with Crippen LogP contribution in [0.15, 0.2) is 91.0 Å². The quantitative estimate of drug-likeness (QED) is 0.214. The van der Waals surface area contributed by atoms with Gasteiger partial charge in [-0.15, -0.1) is 23.2 Å². The van der Waals surface area contributed by atoms with Crippen LogP contribution < -0.4 is 9.64 Å². The molecule has 4 aromatic rings. The van der Waals surface area contributed by atoms with E-state index in [0.717, 1.165) is 39.7 Å². The molecule has 4 heteroatoms. The van der Waals surface area contributed by atoms with Crippen LogP contribution in [-0.4, -0.2) is 0 Å². The molecule has 4 rings (SSSR count). The van der Waals surface area contributed by atoms with Gasteiger partial charge in [0.25, 0.3) is 0 Å². The SMILES string of the molecule is CC(C)(C)c1ccc(N(c2ccc(Oc3cc(CCl)ccc3CCl)cc2)c2ccc(C(C)(C)C)cc2)cc1. The van der Waals surface area contributed by atoms with E-state index in [2.05, 4.69) is 107 Å². The van der Waals surface area contributed by atoms with E-state index < -0.39 is 0 Å². The molecule has 0 saturated carbocycles. The molecule has 0 aromatic heterocycles. The zero-order valence-electron chi connectivity index (χ0n) is 23.2. The Labute approximate surface area is 238 Å². The maximum atomic E-state index is 6.23. The molecule has 198 valence electrons. The van der Waals surface area contributed by atoms with Gasteiger partial charge in [0.2, 0.25) is 0 Å². The van der Waals surface area contributed by atoms with Crippen LogP contribution >= 0.6 is 23.2 Å². The summed E-state index contributed by atoms with van der Waals surface area (Å²) >= 11 is 12.2. The van der Waals surface area contributed by atoms with Crippen LogP contribution in [0.1, 0.15) is 63.8 Å². The highest BCUT2D eigenvalue weighted by atomic mass is 35.5. The number of hydrogen-bond donors (Lipinski definition) is 0. The average Bonchev–Trinajstić information content (AvgIpc) is 2.89. The van der Waals surface area contributed by atoms with Crippen molar-refractivity contribution in [3.05, 3.63) is 113 Å². The molecule has 38 heavy (non-hydrogen) atoms. The summed E-state index contributed by atoms with van der Waals surface area (Å²) in [6.07, 6.45) is 0. The number of benzene rings is 4. The van der Waals surface area contributed by atoms with Crippen LogP contribution in [0, 0.1) is 0 Å². The molecule has 0 aliphatic carbocycles. The summed E-state index contributed by atoms with van der Waals surface area (Å²) in [5, 5.41) is 0. The predicted octanol–water partition coefficient (Wildman–Crippen LogP) is 11.0. The second-order valence-electron chi connectivity index (χ2n) is 11.7. The number of hydrogen-bond acceptors (Lipinski definition) is 2. The van der Waals surface area contributed by atoms with Gasteiger partial charge in [-0.2, -0.15) is 0 Å². The first-order valence-electron chi connectivity index (χ1n) is 13.0. The normalized spacial score (nSPS) is 11.9. The molecule has 0 amide bonds. The summed E-state index contributed by atoms with van der Waals surface area (Å²) in [4.78, 5) is 2.28. The molecule has 0 atom stereocenters. The van der Waals surface area contributed by atoms with Crippen LogP contribution in [0.25, 0.3) is 0 Å². The minimum Gasteiger partial charge on any atom is -0.457 e. The first-order chi connectivity index (χ1) is 18.0. The third-order valence-corrected chi connectivity index (χ3v) is 7.33. The number of halogens is 2. The maximum absolute atomic E-state index is 6.23. The van der Waals surface area contributed by atoms with E-state index in [4.69, 9.17) is 27.9 Å². The fourth-order valence-corrected chi connectivity index (χ4v) is 4.73. The smallest absolute Gasteiger partial charge is 0.132 e. The van der Waals surface area contributed by atoms with Crippen LogP contribution in [-0.2, 0) is 22.6 Å².